The molecular formula is C25H32ClFO7. The van der Waals surface area contributed by atoms with Crippen LogP contribution in [0.5, 0.6) is 0 Å². The van der Waals surface area contributed by atoms with Crippen LogP contribution in [0.3, 0.4) is 0 Å². The van der Waals surface area contributed by atoms with E-state index in [1.165, 1.54) is 12.2 Å². The van der Waals surface area contributed by atoms with E-state index < -0.39 is 64.1 Å². The number of carbonyl (C=O) groups excluding carboxylic acids is 3. The summed E-state index contributed by atoms with van der Waals surface area (Å²) in [6.07, 6.45) is 3.03. The first-order valence-electron chi connectivity index (χ1n) is 11.8. The molecule has 7 nitrogen and oxygen atoms in total. The van der Waals surface area contributed by atoms with Gasteiger partial charge in [-0.2, -0.15) is 0 Å². The van der Waals surface area contributed by atoms with Gasteiger partial charge < -0.3 is 19.3 Å². The van der Waals surface area contributed by atoms with E-state index in [0.29, 0.717) is 24.8 Å². The molecule has 0 radical (unpaired) electrons. The number of esters is 1. The molecule has 8 atom stereocenters. The molecule has 1 N–H and O–H groups in total. The third-order valence-corrected chi connectivity index (χ3v) is 9.29. The number of rotatable bonds is 4. The van der Waals surface area contributed by atoms with E-state index >= 15 is 4.39 Å². The molecule has 0 aromatic heterocycles. The Morgan fingerprint density at radius 2 is 1.97 bits per heavy atom. The summed E-state index contributed by atoms with van der Waals surface area (Å²) < 4.78 is 33.2. The van der Waals surface area contributed by atoms with E-state index in [0.717, 1.165) is 0 Å². The second-order valence-electron chi connectivity index (χ2n) is 10.5. The zero-order chi connectivity index (χ0) is 25.1. The van der Waals surface area contributed by atoms with Gasteiger partial charge in [-0.25, -0.2) is 14.0 Å². The molecule has 3 fully saturated rings. The highest BCUT2D eigenvalue weighted by Crippen LogP contribution is 2.71. The Morgan fingerprint density at radius 3 is 2.62 bits per heavy atom. The molecule has 4 aliphatic rings. The number of aliphatic hydroxyl groups excluding tert-OH is 1. The lowest BCUT2D eigenvalue weighted by Crippen LogP contribution is -2.70. The molecule has 0 bridgehead atoms. The van der Waals surface area contributed by atoms with Gasteiger partial charge in [0.2, 0.25) is 5.60 Å². The smallest absolute Gasteiger partial charge is 0.446 e. The van der Waals surface area contributed by atoms with Gasteiger partial charge in [-0.1, -0.05) is 37.1 Å². The van der Waals surface area contributed by atoms with Crippen molar-refractivity contribution in [1.29, 1.82) is 0 Å². The van der Waals surface area contributed by atoms with Crippen LogP contribution in [0.15, 0.2) is 23.8 Å². The molecule has 188 valence electrons. The van der Waals surface area contributed by atoms with Gasteiger partial charge in [0.15, 0.2) is 17.5 Å². The Hall–Kier alpha value is -1.93. The number of fused-ring (bicyclic) bond motifs is 5. The van der Waals surface area contributed by atoms with Crippen LogP contribution in [0.4, 0.5) is 9.18 Å². The zero-order valence-electron chi connectivity index (χ0n) is 19.9. The Balaban J connectivity index is 1.83. The number of ketones is 1. The molecular weight excluding hydrogens is 467 g/mol. The van der Waals surface area contributed by atoms with Crippen molar-refractivity contribution in [3.63, 3.8) is 0 Å². The average molecular weight is 499 g/mol. The standard InChI is InChI=1S/C25H32ClFO7/c1-5-32-21(31)34-25(20(30)33-13-26)14(2)10-18-17-7-6-15-11-16(28)8-9-22(15,3)24(17,27)19(29)12-23(18,25)4/h8-9,11,14,17-19,29H,5-7,10,12-13H2,1-4H3/t14-,17+,18+,19+,22+,23+,24+,25+/m1/s1. The van der Waals surface area contributed by atoms with Crippen LogP contribution in [0, 0.1) is 28.6 Å². The number of alkyl halides is 2. The third kappa shape index (κ3) is 3.06. The Labute approximate surface area is 203 Å². The molecule has 0 unspecified atom stereocenters. The van der Waals surface area contributed by atoms with E-state index in [9.17, 15) is 19.5 Å². The zero-order valence-corrected chi connectivity index (χ0v) is 20.7. The topological polar surface area (TPSA) is 99.1 Å². The van der Waals surface area contributed by atoms with E-state index in [-0.39, 0.29) is 18.8 Å². The molecule has 0 spiro atoms. The van der Waals surface area contributed by atoms with Crippen molar-refractivity contribution < 1.29 is 38.1 Å². The Morgan fingerprint density at radius 1 is 1.26 bits per heavy atom. The third-order valence-electron chi connectivity index (χ3n) is 9.18. The lowest BCUT2D eigenvalue weighted by atomic mass is 9.44. The van der Waals surface area contributed by atoms with Crippen molar-refractivity contribution in [2.45, 2.75) is 70.8 Å². The number of aliphatic hydroxyl groups is 1. The summed E-state index contributed by atoms with van der Waals surface area (Å²) in [5, 5.41) is 11.4. The van der Waals surface area contributed by atoms with Gasteiger partial charge in [0.1, 0.15) is 0 Å². The van der Waals surface area contributed by atoms with Gasteiger partial charge in [-0.05, 0) is 57.6 Å². The van der Waals surface area contributed by atoms with Gasteiger partial charge in [-0.15, -0.1) is 0 Å². The van der Waals surface area contributed by atoms with Gasteiger partial charge >= 0.3 is 12.1 Å². The molecule has 0 amide bonds. The van der Waals surface area contributed by atoms with E-state index in [4.69, 9.17) is 25.8 Å². The first-order valence-corrected chi connectivity index (χ1v) is 12.4. The summed E-state index contributed by atoms with van der Waals surface area (Å²) >= 11 is 5.71. The second-order valence-corrected chi connectivity index (χ2v) is 10.7. The number of ether oxygens (including phenoxy) is 3. The Bertz CT molecular complexity index is 965. The molecule has 0 aromatic rings. The highest BCUT2D eigenvalue weighted by atomic mass is 35.5. The van der Waals surface area contributed by atoms with Crippen LogP contribution in [0.2, 0.25) is 0 Å². The van der Waals surface area contributed by atoms with E-state index in [1.54, 1.807) is 33.8 Å². The highest BCUT2D eigenvalue weighted by Gasteiger charge is 2.78. The van der Waals surface area contributed by atoms with Crippen LogP contribution >= 0.6 is 11.6 Å². The van der Waals surface area contributed by atoms with Crippen LogP contribution in [0.25, 0.3) is 0 Å². The fourth-order valence-electron chi connectivity index (χ4n) is 7.66. The molecule has 0 heterocycles. The van der Waals surface area contributed by atoms with Crippen molar-refractivity contribution in [3.05, 3.63) is 23.8 Å². The number of allylic oxidation sites excluding steroid dienone is 4. The van der Waals surface area contributed by atoms with Crippen molar-refractivity contribution in [3.8, 4) is 0 Å². The fraction of sp³-hybridized carbons (Fsp3) is 0.720. The summed E-state index contributed by atoms with van der Waals surface area (Å²) in [6.45, 7) is 6.91. The molecule has 3 saturated carbocycles. The SMILES string of the molecule is CCOC(=O)O[C@]1(C(=O)OCCl)[C@H](C)C[C@H]2[C@@H]3CCC4=CC(=O)C=C[C@]4(C)[C@@]3(F)[C@@H](O)C[C@@]21C. The van der Waals surface area contributed by atoms with Gasteiger partial charge in [-0.3, -0.25) is 4.79 Å². The first-order chi connectivity index (χ1) is 15.9. The van der Waals surface area contributed by atoms with Crippen LogP contribution < -0.4 is 0 Å². The van der Waals surface area contributed by atoms with Gasteiger partial charge in [0.25, 0.3) is 0 Å². The molecule has 34 heavy (non-hydrogen) atoms. The molecule has 9 heteroatoms. The van der Waals surface area contributed by atoms with Crippen molar-refractivity contribution in [2.75, 3.05) is 12.7 Å². The second kappa shape index (κ2) is 8.33. The molecule has 4 aliphatic carbocycles. The predicted octanol–water partition coefficient (Wildman–Crippen LogP) is 4.25. The summed E-state index contributed by atoms with van der Waals surface area (Å²) in [7, 11) is 0. The van der Waals surface area contributed by atoms with E-state index in [2.05, 4.69) is 0 Å². The Kier molecular flexibility index (Phi) is 6.17. The fourth-order valence-corrected chi connectivity index (χ4v) is 7.76. The molecule has 0 aromatic carbocycles. The van der Waals surface area contributed by atoms with E-state index in [1.807, 2.05) is 0 Å². The minimum atomic E-state index is -2.06. The number of halogens is 2. The van der Waals surface area contributed by atoms with Crippen LogP contribution in [-0.2, 0) is 23.8 Å². The van der Waals surface area contributed by atoms with Crippen molar-refractivity contribution >= 4 is 29.5 Å². The predicted molar refractivity (Wildman–Crippen MR) is 121 cm³/mol. The summed E-state index contributed by atoms with van der Waals surface area (Å²) in [4.78, 5) is 37.9. The summed E-state index contributed by atoms with van der Waals surface area (Å²) in [5.74, 6) is -2.59. The molecule has 4 rings (SSSR count). The monoisotopic (exact) mass is 498 g/mol. The lowest BCUT2D eigenvalue weighted by molar-refractivity contribution is -0.229. The molecule has 0 saturated heterocycles. The minimum absolute atomic E-state index is 0.0470. The average Bonchev–Trinajstić information content (AvgIpc) is 2.97. The lowest BCUT2D eigenvalue weighted by Gasteiger charge is -2.62. The number of carbonyl (C=O) groups is 3. The summed E-state index contributed by atoms with van der Waals surface area (Å²) in [5.41, 5.74) is -5.47. The quantitative estimate of drug-likeness (QED) is 0.456. The normalized spacial score (nSPS) is 44.9. The van der Waals surface area contributed by atoms with Gasteiger partial charge in [0, 0.05) is 22.7 Å². The van der Waals surface area contributed by atoms with Crippen LogP contribution in [-0.4, -0.2) is 53.1 Å². The van der Waals surface area contributed by atoms with Crippen LogP contribution in [0.1, 0.15) is 53.4 Å². The summed E-state index contributed by atoms with van der Waals surface area (Å²) in [6, 6.07) is -0.440. The van der Waals surface area contributed by atoms with Crippen molar-refractivity contribution in [2.24, 2.45) is 28.6 Å². The van der Waals surface area contributed by atoms with Gasteiger partial charge in [0.05, 0.1) is 12.7 Å². The maximum Gasteiger partial charge on any atom is 0.509 e. The van der Waals surface area contributed by atoms with Crippen molar-refractivity contribution in [1.82, 2.24) is 0 Å². The highest BCUT2D eigenvalue weighted by molar-refractivity contribution is 6.17. The first kappa shape index (κ1) is 25.2. The largest absolute Gasteiger partial charge is 0.509 e. The maximum atomic E-state index is 17.3. The molecule has 0 aliphatic heterocycles. The minimum Gasteiger partial charge on any atom is -0.446 e. The number of hydrogen-bond acceptors (Lipinski definition) is 7. The number of hydrogen-bond donors (Lipinski definition) is 1. The maximum absolute atomic E-state index is 17.3.